The Morgan fingerprint density at radius 1 is 1.42 bits per heavy atom. The molecule has 5 heteroatoms. The molecule has 0 aliphatic carbocycles. The molecular weight excluding hydrogens is 158 g/mol. The molecule has 0 aromatic rings. The van der Waals surface area contributed by atoms with Crippen molar-refractivity contribution in [2.75, 3.05) is 32.7 Å². The van der Waals surface area contributed by atoms with Crippen molar-refractivity contribution in [3.63, 3.8) is 0 Å². The first kappa shape index (κ1) is 7.82. The molecule has 1 amide bonds. The molecule has 5 nitrogen and oxygen atoms in total. The van der Waals surface area contributed by atoms with Crippen LogP contribution >= 0.6 is 0 Å². The van der Waals surface area contributed by atoms with E-state index in [2.05, 4.69) is 10.6 Å². The van der Waals surface area contributed by atoms with Gasteiger partial charge in [-0.1, -0.05) is 0 Å². The van der Waals surface area contributed by atoms with Gasteiger partial charge in [0.2, 0.25) is 0 Å². The monoisotopic (exact) mass is 171 g/mol. The van der Waals surface area contributed by atoms with Crippen molar-refractivity contribution in [3.05, 3.63) is 0 Å². The highest BCUT2D eigenvalue weighted by atomic mass is 16.4. The van der Waals surface area contributed by atoms with Gasteiger partial charge in [0.1, 0.15) is 0 Å². The maximum Gasteiger partial charge on any atom is 0.407 e. The summed E-state index contributed by atoms with van der Waals surface area (Å²) in [5.74, 6) is 0. The van der Waals surface area contributed by atoms with Gasteiger partial charge in [0.05, 0.1) is 5.54 Å². The SMILES string of the molecule is O=C(O)N1CC2(CNCCN2)C1. The maximum absolute atomic E-state index is 10.5. The fraction of sp³-hybridized carbons (Fsp3) is 0.857. The molecule has 0 atom stereocenters. The van der Waals surface area contributed by atoms with Gasteiger partial charge in [-0.15, -0.1) is 0 Å². The summed E-state index contributed by atoms with van der Waals surface area (Å²) in [6.07, 6.45) is -0.812. The van der Waals surface area contributed by atoms with Gasteiger partial charge >= 0.3 is 6.09 Å². The van der Waals surface area contributed by atoms with E-state index in [0.717, 1.165) is 19.6 Å². The van der Waals surface area contributed by atoms with Gasteiger partial charge in [0.25, 0.3) is 0 Å². The van der Waals surface area contributed by atoms with E-state index in [0.29, 0.717) is 13.1 Å². The number of nitrogens with one attached hydrogen (secondary N) is 2. The van der Waals surface area contributed by atoms with Gasteiger partial charge in [-0.25, -0.2) is 4.79 Å². The van der Waals surface area contributed by atoms with E-state index in [1.807, 2.05) is 0 Å². The number of likely N-dealkylation sites (tertiary alicyclic amines) is 1. The van der Waals surface area contributed by atoms with Gasteiger partial charge in [-0.05, 0) is 0 Å². The summed E-state index contributed by atoms with van der Waals surface area (Å²) in [5.41, 5.74) is 0.0383. The zero-order valence-corrected chi connectivity index (χ0v) is 6.84. The predicted molar refractivity (Wildman–Crippen MR) is 43.2 cm³/mol. The first-order valence-corrected chi connectivity index (χ1v) is 4.16. The van der Waals surface area contributed by atoms with Crippen molar-refractivity contribution in [1.29, 1.82) is 0 Å². The third-order valence-corrected chi connectivity index (χ3v) is 2.52. The van der Waals surface area contributed by atoms with E-state index in [9.17, 15) is 4.79 Å². The van der Waals surface area contributed by atoms with Gasteiger partial charge in [0, 0.05) is 32.7 Å². The number of nitrogens with zero attached hydrogens (tertiary/aromatic N) is 1. The molecule has 2 saturated heterocycles. The molecule has 0 aromatic heterocycles. The second-order valence-corrected chi connectivity index (χ2v) is 3.52. The predicted octanol–water partition coefficient (Wildman–Crippen LogP) is -1.09. The number of hydrogen-bond donors (Lipinski definition) is 3. The number of piperazine rings is 1. The average Bonchev–Trinajstić information content (AvgIpc) is 2.01. The lowest BCUT2D eigenvalue weighted by Gasteiger charge is -2.51. The molecule has 2 aliphatic heterocycles. The molecule has 0 radical (unpaired) electrons. The Bertz CT molecular complexity index is 193. The lowest BCUT2D eigenvalue weighted by molar-refractivity contribution is 0.0351. The van der Waals surface area contributed by atoms with Crippen LogP contribution in [0.5, 0.6) is 0 Å². The van der Waals surface area contributed by atoms with Crippen molar-refractivity contribution in [3.8, 4) is 0 Å². The molecule has 2 rings (SSSR count). The fourth-order valence-electron chi connectivity index (χ4n) is 1.85. The van der Waals surface area contributed by atoms with Crippen LogP contribution in [0.4, 0.5) is 4.79 Å². The minimum Gasteiger partial charge on any atom is -0.465 e. The van der Waals surface area contributed by atoms with Crippen LogP contribution in [0.15, 0.2) is 0 Å². The van der Waals surface area contributed by atoms with Crippen molar-refractivity contribution in [2.45, 2.75) is 5.54 Å². The van der Waals surface area contributed by atoms with Crippen LogP contribution in [0.2, 0.25) is 0 Å². The molecule has 1 spiro atoms. The summed E-state index contributed by atoms with van der Waals surface area (Å²) in [6, 6.07) is 0. The highest BCUT2D eigenvalue weighted by Gasteiger charge is 2.45. The summed E-state index contributed by atoms with van der Waals surface area (Å²) in [6.45, 7) is 4.05. The van der Waals surface area contributed by atoms with E-state index in [-0.39, 0.29) is 5.54 Å². The summed E-state index contributed by atoms with van der Waals surface area (Å²) in [5, 5.41) is 15.2. The highest BCUT2D eigenvalue weighted by molar-refractivity contribution is 5.66. The van der Waals surface area contributed by atoms with E-state index in [1.165, 1.54) is 4.90 Å². The molecule has 68 valence electrons. The quantitative estimate of drug-likeness (QED) is 0.433. The summed E-state index contributed by atoms with van der Waals surface area (Å²) >= 11 is 0. The van der Waals surface area contributed by atoms with Crippen molar-refractivity contribution in [2.24, 2.45) is 0 Å². The van der Waals surface area contributed by atoms with Crippen LogP contribution in [0.1, 0.15) is 0 Å². The highest BCUT2D eigenvalue weighted by Crippen LogP contribution is 2.21. The molecule has 0 saturated carbocycles. The smallest absolute Gasteiger partial charge is 0.407 e. The van der Waals surface area contributed by atoms with Crippen molar-refractivity contribution >= 4 is 6.09 Å². The number of carbonyl (C=O) groups is 1. The van der Waals surface area contributed by atoms with Gasteiger partial charge < -0.3 is 20.6 Å². The first-order chi connectivity index (χ1) is 5.72. The van der Waals surface area contributed by atoms with Gasteiger partial charge in [-0.3, -0.25) is 0 Å². The van der Waals surface area contributed by atoms with E-state index < -0.39 is 6.09 Å². The Labute approximate surface area is 70.7 Å². The summed E-state index contributed by atoms with van der Waals surface area (Å²) in [4.78, 5) is 11.9. The second-order valence-electron chi connectivity index (χ2n) is 3.52. The molecule has 0 unspecified atom stereocenters. The topological polar surface area (TPSA) is 64.6 Å². The molecule has 0 aromatic carbocycles. The minimum atomic E-state index is -0.812. The number of amides is 1. The maximum atomic E-state index is 10.5. The van der Waals surface area contributed by atoms with E-state index in [4.69, 9.17) is 5.11 Å². The number of hydrogen-bond acceptors (Lipinski definition) is 3. The third kappa shape index (κ3) is 1.15. The first-order valence-electron chi connectivity index (χ1n) is 4.16. The van der Waals surface area contributed by atoms with E-state index in [1.54, 1.807) is 0 Å². The summed E-state index contributed by atoms with van der Waals surface area (Å²) < 4.78 is 0. The zero-order chi connectivity index (χ0) is 8.60. The van der Waals surface area contributed by atoms with Crippen LogP contribution in [0.25, 0.3) is 0 Å². The molecular formula is C7H13N3O2. The van der Waals surface area contributed by atoms with Gasteiger partial charge in [-0.2, -0.15) is 0 Å². The molecule has 0 bridgehead atoms. The van der Waals surface area contributed by atoms with Crippen LogP contribution in [-0.2, 0) is 0 Å². The van der Waals surface area contributed by atoms with Crippen LogP contribution in [0, 0.1) is 0 Å². The minimum absolute atomic E-state index is 0.0383. The molecule has 2 aliphatic rings. The standard InChI is InChI=1S/C7H13N3O2/c11-6(12)10-4-7(5-10)3-8-1-2-9-7/h8-9H,1-5H2,(H,11,12). The lowest BCUT2D eigenvalue weighted by Crippen LogP contribution is -2.76. The second kappa shape index (κ2) is 2.60. The zero-order valence-electron chi connectivity index (χ0n) is 6.84. The molecule has 12 heavy (non-hydrogen) atoms. The Morgan fingerprint density at radius 3 is 2.67 bits per heavy atom. The average molecular weight is 171 g/mol. The van der Waals surface area contributed by atoms with Gasteiger partial charge in [0.15, 0.2) is 0 Å². The largest absolute Gasteiger partial charge is 0.465 e. The van der Waals surface area contributed by atoms with Crippen LogP contribution in [-0.4, -0.2) is 54.4 Å². The number of carboxylic acid groups (broad SMARTS) is 1. The third-order valence-electron chi connectivity index (χ3n) is 2.52. The summed E-state index contributed by atoms with van der Waals surface area (Å²) in [7, 11) is 0. The normalized spacial score (nSPS) is 26.8. The fourth-order valence-corrected chi connectivity index (χ4v) is 1.85. The van der Waals surface area contributed by atoms with Crippen molar-refractivity contribution < 1.29 is 9.90 Å². The number of rotatable bonds is 0. The molecule has 2 fully saturated rings. The van der Waals surface area contributed by atoms with Crippen LogP contribution < -0.4 is 10.6 Å². The Hall–Kier alpha value is -0.810. The molecule has 3 N–H and O–H groups in total. The Kier molecular flexibility index (Phi) is 1.69. The van der Waals surface area contributed by atoms with Crippen molar-refractivity contribution in [1.82, 2.24) is 15.5 Å². The van der Waals surface area contributed by atoms with E-state index >= 15 is 0 Å². The lowest BCUT2D eigenvalue weighted by atomic mass is 9.89. The molecule has 2 heterocycles. The Morgan fingerprint density at radius 2 is 2.17 bits per heavy atom. The Balaban J connectivity index is 1.88. The van der Waals surface area contributed by atoms with Crippen LogP contribution in [0.3, 0.4) is 0 Å².